The summed E-state index contributed by atoms with van der Waals surface area (Å²) < 4.78 is 0. The molecular formula is C16H20N4O2. The van der Waals surface area contributed by atoms with Crippen LogP contribution in [-0.2, 0) is 16.0 Å². The molecule has 0 aromatic heterocycles. The highest BCUT2D eigenvalue weighted by Gasteiger charge is 2.32. The number of carbonyl (C=O) groups is 2. The van der Waals surface area contributed by atoms with Crippen molar-refractivity contribution >= 4 is 11.8 Å². The molecule has 1 saturated heterocycles. The first kappa shape index (κ1) is 16.0. The van der Waals surface area contributed by atoms with Gasteiger partial charge in [0.05, 0.1) is 18.7 Å². The number of benzene rings is 1. The summed E-state index contributed by atoms with van der Waals surface area (Å²) in [6, 6.07) is 10.4. The van der Waals surface area contributed by atoms with E-state index in [2.05, 4.69) is 11.4 Å². The van der Waals surface area contributed by atoms with Crippen molar-refractivity contribution < 1.29 is 9.59 Å². The van der Waals surface area contributed by atoms with E-state index in [0.717, 1.165) is 18.5 Å². The normalized spacial score (nSPS) is 19.3. The van der Waals surface area contributed by atoms with Gasteiger partial charge in [-0.2, -0.15) is 5.26 Å². The second-order valence-corrected chi connectivity index (χ2v) is 5.44. The zero-order valence-corrected chi connectivity index (χ0v) is 12.4. The molecule has 1 aromatic rings. The summed E-state index contributed by atoms with van der Waals surface area (Å²) in [6.07, 6.45) is 1.94. The summed E-state index contributed by atoms with van der Waals surface area (Å²) in [5, 5.41) is 11.5. The van der Waals surface area contributed by atoms with Crippen LogP contribution in [0.25, 0.3) is 0 Å². The number of likely N-dealkylation sites (tertiary alicyclic amines) is 1. The number of hydrogen-bond donors (Lipinski definition) is 2. The summed E-state index contributed by atoms with van der Waals surface area (Å²) in [6.45, 7) is 0.948. The van der Waals surface area contributed by atoms with Gasteiger partial charge in [-0.25, -0.2) is 0 Å². The first-order valence-corrected chi connectivity index (χ1v) is 7.36. The van der Waals surface area contributed by atoms with Crippen LogP contribution in [0, 0.1) is 11.3 Å². The van der Waals surface area contributed by atoms with Crippen molar-refractivity contribution in [3.05, 3.63) is 35.9 Å². The molecule has 0 spiro atoms. The maximum absolute atomic E-state index is 12.4. The molecule has 0 aliphatic carbocycles. The van der Waals surface area contributed by atoms with Crippen LogP contribution in [0.4, 0.5) is 0 Å². The van der Waals surface area contributed by atoms with Gasteiger partial charge in [0, 0.05) is 13.0 Å². The molecule has 3 N–H and O–H groups in total. The molecule has 1 aliphatic heterocycles. The van der Waals surface area contributed by atoms with Crippen LogP contribution in [0.1, 0.15) is 18.4 Å². The number of nitrogens with one attached hydrogen (secondary N) is 1. The van der Waals surface area contributed by atoms with Crippen LogP contribution in [0.5, 0.6) is 0 Å². The highest BCUT2D eigenvalue weighted by molar-refractivity contribution is 5.89. The summed E-state index contributed by atoms with van der Waals surface area (Å²) in [5.41, 5.74) is 6.34. The monoisotopic (exact) mass is 300 g/mol. The van der Waals surface area contributed by atoms with Crippen LogP contribution < -0.4 is 11.1 Å². The first-order chi connectivity index (χ1) is 10.6. The standard InChI is InChI=1S/C16H20N4O2/c17-8-10-20-9-4-7-14(20)16(22)19-13(15(18)21)11-12-5-2-1-3-6-12/h1-3,5-6,13-14H,4,7,9-11H2,(H2,18,21)(H,19,22). The Labute approximate surface area is 129 Å². The van der Waals surface area contributed by atoms with Crippen LogP contribution in [-0.4, -0.2) is 41.9 Å². The topological polar surface area (TPSA) is 99.2 Å². The molecule has 0 radical (unpaired) electrons. The van der Waals surface area contributed by atoms with Crippen molar-refractivity contribution in [3.8, 4) is 6.07 Å². The fourth-order valence-electron chi connectivity index (χ4n) is 2.74. The SMILES string of the molecule is N#CCN1CCCC1C(=O)NC(Cc1ccccc1)C(N)=O. The maximum atomic E-state index is 12.4. The third-order valence-corrected chi connectivity index (χ3v) is 3.88. The predicted molar refractivity (Wildman–Crippen MR) is 81.5 cm³/mol. The second kappa shape index (κ2) is 7.57. The van der Waals surface area contributed by atoms with Crippen LogP contribution in [0.3, 0.4) is 0 Å². The van der Waals surface area contributed by atoms with E-state index in [9.17, 15) is 9.59 Å². The minimum Gasteiger partial charge on any atom is -0.368 e. The molecule has 0 bridgehead atoms. The highest BCUT2D eigenvalue weighted by Crippen LogP contribution is 2.17. The number of nitrogens with two attached hydrogens (primary N) is 1. The van der Waals surface area contributed by atoms with Gasteiger partial charge in [0.2, 0.25) is 11.8 Å². The summed E-state index contributed by atoms with van der Waals surface area (Å²) in [4.78, 5) is 25.8. The van der Waals surface area contributed by atoms with Crippen molar-refractivity contribution in [1.82, 2.24) is 10.2 Å². The van der Waals surface area contributed by atoms with Gasteiger partial charge in [-0.15, -0.1) is 0 Å². The highest BCUT2D eigenvalue weighted by atomic mass is 16.2. The van der Waals surface area contributed by atoms with Gasteiger partial charge in [0.15, 0.2) is 0 Å². The number of rotatable bonds is 6. The minimum absolute atomic E-state index is 0.220. The van der Waals surface area contributed by atoms with Gasteiger partial charge in [-0.3, -0.25) is 14.5 Å². The molecule has 2 amide bonds. The molecule has 1 aliphatic rings. The number of nitriles is 1. The fourth-order valence-corrected chi connectivity index (χ4v) is 2.74. The molecule has 0 saturated carbocycles. The second-order valence-electron chi connectivity index (χ2n) is 5.44. The average Bonchev–Trinajstić information content (AvgIpc) is 2.96. The number of hydrogen-bond acceptors (Lipinski definition) is 4. The lowest BCUT2D eigenvalue weighted by atomic mass is 10.0. The average molecular weight is 300 g/mol. The van der Waals surface area contributed by atoms with Gasteiger partial charge in [0.25, 0.3) is 0 Å². The number of carbonyl (C=O) groups excluding carboxylic acids is 2. The van der Waals surface area contributed by atoms with Crippen LogP contribution >= 0.6 is 0 Å². The largest absolute Gasteiger partial charge is 0.368 e. The zero-order valence-electron chi connectivity index (χ0n) is 12.4. The van der Waals surface area contributed by atoms with E-state index in [1.165, 1.54) is 0 Å². The van der Waals surface area contributed by atoms with Crippen molar-refractivity contribution in [1.29, 1.82) is 5.26 Å². The third kappa shape index (κ3) is 4.06. The van der Waals surface area contributed by atoms with Gasteiger partial charge >= 0.3 is 0 Å². The molecule has 22 heavy (non-hydrogen) atoms. The van der Waals surface area contributed by atoms with Crippen LogP contribution in [0.2, 0.25) is 0 Å². The van der Waals surface area contributed by atoms with E-state index in [1.54, 1.807) is 0 Å². The van der Waals surface area contributed by atoms with Crippen molar-refractivity contribution in [2.24, 2.45) is 5.73 Å². The molecular weight excluding hydrogens is 280 g/mol. The summed E-state index contributed by atoms with van der Waals surface area (Å²) in [5.74, 6) is -0.783. The smallest absolute Gasteiger partial charge is 0.240 e. The molecule has 1 heterocycles. The Hall–Kier alpha value is -2.39. The molecule has 2 atom stereocenters. The molecule has 1 aromatic carbocycles. The quantitative estimate of drug-likeness (QED) is 0.732. The number of nitrogens with zero attached hydrogens (tertiary/aromatic N) is 2. The summed E-state index contributed by atoms with van der Waals surface area (Å²) >= 11 is 0. The predicted octanol–water partition coefficient (Wildman–Crippen LogP) is 0.187. The lowest BCUT2D eigenvalue weighted by molar-refractivity contribution is -0.130. The molecule has 2 unspecified atom stereocenters. The number of amides is 2. The van der Waals surface area contributed by atoms with E-state index >= 15 is 0 Å². The Bertz CT molecular complexity index is 567. The number of primary amides is 1. The molecule has 1 fully saturated rings. The Morgan fingerprint density at radius 3 is 2.77 bits per heavy atom. The summed E-state index contributed by atoms with van der Waals surface area (Å²) in [7, 11) is 0. The molecule has 116 valence electrons. The van der Waals surface area contributed by atoms with E-state index in [4.69, 9.17) is 11.0 Å². The Balaban J connectivity index is 2.00. The third-order valence-electron chi connectivity index (χ3n) is 3.88. The zero-order chi connectivity index (χ0) is 15.9. The minimum atomic E-state index is -0.737. The molecule has 6 nitrogen and oxygen atoms in total. The van der Waals surface area contributed by atoms with E-state index in [-0.39, 0.29) is 18.5 Å². The lowest BCUT2D eigenvalue weighted by Gasteiger charge is -2.23. The van der Waals surface area contributed by atoms with Gasteiger partial charge < -0.3 is 11.1 Å². The van der Waals surface area contributed by atoms with Gasteiger partial charge in [-0.05, 0) is 18.4 Å². The Morgan fingerprint density at radius 2 is 2.14 bits per heavy atom. The van der Waals surface area contributed by atoms with Gasteiger partial charge in [-0.1, -0.05) is 30.3 Å². The van der Waals surface area contributed by atoms with E-state index in [1.807, 2.05) is 35.2 Å². The van der Waals surface area contributed by atoms with Crippen molar-refractivity contribution in [3.63, 3.8) is 0 Å². The lowest BCUT2D eigenvalue weighted by Crippen LogP contribution is -2.52. The molecule has 2 rings (SSSR count). The van der Waals surface area contributed by atoms with Crippen LogP contribution in [0.15, 0.2) is 30.3 Å². The van der Waals surface area contributed by atoms with Crippen molar-refractivity contribution in [2.75, 3.05) is 13.1 Å². The fraction of sp³-hybridized carbons (Fsp3) is 0.438. The maximum Gasteiger partial charge on any atom is 0.240 e. The van der Waals surface area contributed by atoms with Crippen molar-refractivity contribution in [2.45, 2.75) is 31.3 Å². The Kier molecular flexibility index (Phi) is 5.50. The Morgan fingerprint density at radius 1 is 1.41 bits per heavy atom. The van der Waals surface area contributed by atoms with E-state index < -0.39 is 11.9 Å². The van der Waals surface area contributed by atoms with Gasteiger partial charge in [0.1, 0.15) is 6.04 Å². The van der Waals surface area contributed by atoms with E-state index in [0.29, 0.717) is 12.8 Å². The first-order valence-electron chi connectivity index (χ1n) is 7.36. The molecule has 6 heteroatoms.